The van der Waals surface area contributed by atoms with Crippen molar-refractivity contribution in [2.75, 3.05) is 12.3 Å². The molecule has 6 nitrogen and oxygen atoms in total. The number of amides is 1. The number of nitrogens with two attached hydrogens (primary N) is 1. The predicted molar refractivity (Wildman–Crippen MR) is 109 cm³/mol. The number of benzene rings is 2. The van der Waals surface area contributed by atoms with Crippen molar-refractivity contribution in [1.29, 1.82) is 5.26 Å². The zero-order valence-electron chi connectivity index (χ0n) is 16.4. The van der Waals surface area contributed by atoms with E-state index < -0.39 is 0 Å². The summed E-state index contributed by atoms with van der Waals surface area (Å²) < 4.78 is 14.6. The lowest BCUT2D eigenvalue weighted by Gasteiger charge is -2.09. The molecule has 3 N–H and O–H groups in total. The average molecular weight is 391 g/mol. The van der Waals surface area contributed by atoms with E-state index in [1.165, 1.54) is 16.8 Å². The van der Waals surface area contributed by atoms with Crippen LogP contribution in [-0.2, 0) is 6.42 Å². The summed E-state index contributed by atoms with van der Waals surface area (Å²) in [6, 6.07) is 13.4. The van der Waals surface area contributed by atoms with Crippen LogP contribution < -0.4 is 11.1 Å². The third-order valence-electron chi connectivity index (χ3n) is 4.90. The SMILES string of the molecule is Cc1cccc(C(=O)NCCCc2nn(-c3ccc(F)cc3)c(N)c2C#N)c1C. The van der Waals surface area contributed by atoms with Crippen molar-refractivity contribution < 1.29 is 9.18 Å². The first-order valence-electron chi connectivity index (χ1n) is 9.30. The van der Waals surface area contributed by atoms with Crippen molar-refractivity contribution >= 4 is 11.7 Å². The molecule has 1 aromatic heterocycles. The largest absolute Gasteiger partial charge is 0.382 e. The number of nitriles is 1. The van der Waals surface area contributed by atoms with E-state index >= 15 is 0 Å². The van der Waals surface area contributed by atoms with Crippen LogP contribution in [0.25, 0.3) is 5.69 Å². The molecule has 148 valence electrons. The van der Waals surface area contributed by atoms with Crippen LogP contribution >= 0.6 is 0 Å². The standard InChI is InChI=1S/C22H22FN5O/c1-14-5-3-6-18(15(14)2)22(29)26-12-4-7-20-19(13-24)21(25)28(27-20)17-10-8-16(23)9-11-17/h3,5-6,8-11H,4,7,12,25H2,1-2H3,(H,26,29). The van der Waals surface area contributed by atoms with E-state index in [1.54, 1.807) is 18.2 Å². The number of halogens is 1. The van der Waals surface area contributed by atoms with Gasteiger partial charge in [0.25, 0.3) is 5.91 Å². The number of hydrogen-bond donors (Lipinski definition) is 2. The Hall–Kier alpha value is -3.66. The van der Waals surface area contributed by atoms with Gasteiger partial charge in [-0.2, -0.15) is 10.4 Å². The number of anilines is 1. The fourth-order valence-corrected chi connectivity index (χ4v) is 3.10. The summed E-state index contributed by atoms with van der Waals surface area (Å²) in [5.74, 6) is -0.267. The van der Waals surface area contributed by atoms with E-state index in [0.29, 0.717) is 41.9 Å². The molecular formula is C22H22FN5O. The van der Waals surface area contributed by atoms with Crippen molar-refractivity contribution in [2.45, 2.75) is 26.7 Å². The molecule has 0 aliphatic heterocycles. The third kappa shape index (κ3) is 4.27. The van der Waals surface area contributed by atoms with E-state index in [2.05, 4.69) is 16.5 Å². The monoisotopic (exact) mass is 391 g/mol. The molecule has 3 rings (SSSR count). The third-order valence-corrected chi connectivity index (χ3v) is 4.90. The number of nitrogens with one attached hydrogen (secondary N) is 1. The highest BCUT2D eigenvalue weighted by Crippen LogP contribution is 2.21. The summed E-state index contributed by atoms with van der Waals surface area (Å²) in [6.45, 7) is 4.34. The molecule has 0 spiro atoms. The highest BCUT2D eigenvalue weighted by molar-refractivity contribution is 5.95. The first-order valence-corrected chi connectivity index (χ1v) is 9.30. The predicted octanol–water partition coefficient (Wildman–Crippen LogP) is 3.44. The van der Waals surface area contributed by atoms with Crippen LogP contribution in [0.3, 0.4) is 0 Å². The molecule has 0 unspecified atom stereocenters. The van der Waals surface area contributed by atoms with Crippen molar-refractivity contribution in [1.82, 2.24) is 15.1 Å². The van der Waals surface area contributed by atoms with E-state index in [9.17, 15) is 14.4 Å². The lowest BCUT2D eigenvalue weighted by molar-refractivity contribution is 0.0952. The second-order valence-corrected chi connectivity index (χ2v) is 6.81. The maximum atomic E-state index is 13.1. The summed E-state index contributed by atoms with van der Waals surface area (Å²) >= 11 is 0. The molecule has 1 heterocycles. The van der Waals surface area contributed by atoms with Gasteiger partial charge in [-0.25, -0.2) is 9.07 Å². The van der Waals surface area contributed by atoms with Gasteiger partial charge in [-0.05, 0) is 68.1 Å². The number of hydrogen-bond acceptors (Lipinski definition) is 4. The van der Waals surface area contributed by atoms with E-state index in [4.69, 9.17) is 5.73 Å². The topological polar surface area (TPSA) is 96.7 Å². The van der Waals surface area contributed by atoms with Gasteiger partial charge in [0.2, 0.25) is 0 Å². The van der Waals surface area contributed by atoms with Crippen molar-refractivity contribution in [3.63, 3.8) is 0 Å². The Kier molecular flexibility index (Phi) is 5.93. The first kappa shape index (κ1) is 20.1. The number of carbonyl (C=O) groups is 1. The Balaban J connectivity index is 1.66. The van der Waals surface area contributed by atoms with Gasteiger partial charge in [-0.15, -0.1) is 0 Å². The fourth-order valence-electron chi connectivity index (χ4n) is 3.10. The summed E-state index contributed by atoms with van der Waals surface area (Å²) in [7, 11) is 0. The molecule has 2 aromatic carbocycles. The Morgan fingerprint density at radius 3 is 2.66 bits per heavy atom. The Bertz CT molecular complexity index is 1080. The van der Waals surface area contributed by atoms with Crippen molar-refractivity contribution in [3.05, 3.63) is 76.2 Å². The molecule has 0 atom stereocenters. The van der Waals surface area contributed by atoms with Gasteiger partial charge in [0, 0.05) is 12.1 Å². The number of nitrogen functional groups attached to an aromatic ring is 1. The average Bonchev–Trinajstić information content (AvgIpc) is 3.03. The maximum absolute atomic E-state index is 13.1. The zero-order chi connectivity index (χ0) is 21.0. The lowest BCUT2D eigenvalue weighted by atomic mass is 10.0. The van der Waals surface area contributed by atoms with Gasteiger partial charge in [-0.1, -0.05) is 12.1 Å². The minimum atomic E-state index is -0.361. The lowest BCUT2D eigenvalue weighted by Crippen LogP contribution is -2.25. The Morgan fingerprint density at radius 1 is 1.24 bits per heavy atom. The number of aryl methyl sites for hydroxylation is 2. The van der Waals surface area contributed by atoms with Gasteiger partial charge in [0.15, 0.2) is 0 Å². The smallest absolute Gasteiger partial charge is 0.251 e. The van der Waals surface area contributed by atoms with E-state index in [1.807, 2.05) is 26.0 Å². The summed E-state index contributed by atoms with van der Waals surface area (Å²) in [5.41, 5.74) is 10.2. The molecular weight excluding hydrogens is 369 g/mol. The Labute approximate surface area is 168 Å². The van der Waals surface area contributed by atoms with Gasteiger partial charge < -0.3 is 11.1 Å². The van der Waals surface area contributed by atoms with Gasteiger partial charge in [0.05, 0.1) is 11.4 Å². The van der Waals surface area contributed by atoms with Crippen LogP contribution in [-0.4, -0.2) is 22.2 Å². The highest BCUT2D eigenvalue weighted by atomic mass is 19.1. The Morgan fingerprint density at radius 2 is 1.97 bits per heavy atom. The summed E-state index contributed by atoms with van der Waals surface area (Å²) in [4.78, 5) is 12.4. The molecule has 3 aromatic rings. The minimum absolute atomic E-state index is 0.122. The summed E-state index contributed by atoms with van der Waals surface area (Å²) in [6.07, 6.45) is 1.08. The van der Waals surface area contributed by atoms with Crippen LogP contribution in [0.1, 0.15) is 39.2 Å². The van der Waals surface area contributed by atoms with Crippen molar-refractivity contribution in [2.24, 2.45) is 0 Å². The van der Waals surface area contributed by atoms with Crippen LogP contribution in [0.15, 0.2) is 42.5 Å². The number of aromatic nitrogens is 2. The first-order chi connectivity index (χ1) is 13.9. The molecule has 0 aliphatic rings. The zero-order valence-corrected chi connectivity index (χ0v) is 16.4. The quantitative estimate of drug-likeness (QED) is 0.629. The summed E-state index contributed by atoms with van der Waals surface area (Å²) in [5, 5.41) is 16.8. The molecule has 0 bridgehead atoms. The van der Waals surface area contributed by atoms with Gasteiger partial charge in [-0.3, -0.25) is 4.79 Å². The van der Waals surface area contributed by atoms with Crippen LogP contribution in [0.4, 0.5) is 10.2 Å². The molecule has 1 amide bonds. The second-order valence-electron chi connectivity index (χ2n) is 6.81. The van der Waals surface area contributed by atoms with E-state index in [-0.39, 0.29) is 17.5 Å². The molecule has 29 heavy (non-hydrogen) atoms. The second kappa shape index (κ2) is 8.57. The van der Waals surface area contributed by atoms with Gasteiger partial charge >= 0.3 is 0 Å². The van der Waals surface area contributed by atoms with Crippen LogP contribution in [0.2, 0.25) is 0 Å². The van der Waals surface area contributed by atoms with E-state index in [0.717, 1.165) is 11.1 Å². The highest BCUT2D eigenvalue weighted by Gasteiger charge is 2.16. The molecule has 0 saturated carbocycles. The molecule has 7 heteroatoms. The molecule has 0 aliphatic carbocycles. The maximum Gasteiger partial charge on any atom is 0.251 e. The normalized spacial score (nSPS) is 10.6. The molecule has 0 radical (unpaired) electrons. The van der Waals surface area contributed by atoms with Crippen molar-refractivity contribution in [3.8, 4) is 11.8 Å². The van der Waals surface area contributed by atoms with Crippen LogP contribution in [0.5, 0.6) is 0 Å². The fraction of sp³-hybridized carbons (Fsp3) is 0.227. The van der Waals surface area contributed by atoms with Crippen LogP contribution in [0, 0.1) is 31.0 Å². The number of rotatable bonds is 6. The number of nitrogens with zero attached hydrogens (tertiary/aromatic N) is 3. The van der Waals surface area contributed by atoms with Gasteiger partial charge in [0.1, 0.15) is 23.3 Å². The number of carbonyl (C=O) groups excluding carboxylic acids is 1. The minimum Gasteiger partial charge on any atom is -0.382 e. The molecule has 0 fully saturated rings. The molecule has 0 saturated heterocycles.